The zero-order valence-corrected chi connectivity index (χ0v) is 19.5. The Kier molecular flexibility index (Phi) is 6.66. The summed E-state index contributed by atoms with van der Waals surface area (Å²) < 4.78 is 50.8. The third kappa shape index (κ3) is 4.80. The Hall–Kier alpha value is -2.94. The van der Waals surface area contributed by atoms with E-state index in [2.05, 4.69) is 10.6 Å². The number of aryl methyl sites for hydroxylation is 1. The van der Waals surface area contributed by atoms with Crippen molar-refractivity contribution in [1.82, 2.24) is 5.32 Å². The predicted octanol–water partition coefficient (Wildman–Crippen LogP) is 4.64. The normalized spacial score (nSPS) is 22.4. The lowest BCUT2D eigenvalue weighted by molar-refractivity contribution is -0.133. The van der Waals surface area contributed by atoms with Gasteiger partial charge in [0.05, 0.1) is 30.9 Å². The minimum Gasteiger partial charge on any atom is -0.495 e. The molecule has 0 aromatic heterocycles. The average molecular weight is 496 g/mol. The Labute approximate surface area is 200 Å². The highest BCUT2D eigenvalue weighted by Crippen LogP contribution is 2.44. The molecule has 0 bridgehead atoms. The third-order valence-corrected chi connectivity index (χ3v) is 6.79. The van der Waals surface area contributed by atoms with Gasteiger partial charge in [0.15, 0.2) is 0 Å². The van der Waals surface area contributed by atoms with E-state index in [-0.39, 0.29) is 48.8 Å². The van der Waals surface area contributed by atoms with E-state index in [9.17, 15) is 9.59 Å². The lowest BCUT2D eigenvalue weighted by Crippen LogP contribution is -2.48. The molecular formula is C24H25ClF3N3O3. The van der Waals surface area contributed by atoms with Crippen molar-refractivity contribution in [2.24, 2.45) is 0 Å². The molecule has 10 heteroatoms. The molecule has 2 heterocycles. The van der Waals surface area contributed by atoms with E-state index < -0.39 is 36.2 Å². The van der Waals surface area contributed by atoms with Crippen LogP contribution in [0.2, 0.25) is 5.02 Å². The number of hydrogen-bond donors (Lipinski definition) is 2. The molecule has 1 unspecified atom stereocenters. The molecule has 182 valence electrons. The van der Waals surface area contributed by atoms with Gasteiger partial charge < -0.3 is 15.0 Å². The van der Waals surface area contributed by atoms with Crippen molar-refractivity contribution in [3.63, 3.8) is 0 Å². The predicted molar refractivity (Wildman–Crippen MR) is 123 cm³/mol. The van der Waals surface area contributed by atoms with Gasteiger partial charge in [-0.25, -0.2) is 13.2 Å². The number of carbonyl (C=O) groups is 2. The Morgan fingerprint density at radius 3 is 2.62 bits per heavy atom. The molecule has 2 saturated heterocycles. The van der Waals surface area contributed by atoms with Crippen molar-refractivity contribution < 1.29 is 27.5 Å². The topological polar surface area (TPSA) is 70.7 Å². The van der Waals surface area contributed by atoms with E-state index in [0.717, 1.165) is 11.6 Å². The summed E-state index contributed by atoms with van der Waals surface area (Å²) >= 11 is 6.04. The average Bonchev–Trinajstić information content (AvgIpc) is 2.77. The molecule has 2 N–H and O–H groups in total. The van der Waals surface area contributed by atoms with Crippen LogP contribution in [0.3, 0.4) is 0 Å². The molecule has 0 radical (unpaired) electrons. The molecule has 2 aliphatic heterocycles. The highest BCUT2D eigenvalue weighted by atomic mass is 35.5. The van der Waals surface area contributed by atoms with Gasteiger partial charge in [0.2, 0.25) is 11.8 Å². The zero-order valence-electron chi connectivity index (χ0n) is 18.8. The van der Waals surface area contributed by atoms with Gasteiger partial charge in [-0.2, -0.15) is 0 Å². The molecule has 0 saturated carbocycles. The maximum absolute atomic E-state index is 15.2. The monoisotopic (exact) mass is 495 g/mol. The van der Waals surface area contributed by atoms with E-state index in [0.29, 0.717) is 10.6 Å². The van der Waals surface area contributed by atoms with Gasteiger partial charge in [-0.1, -0.05) is 23.7 Å². The molecule has 2 aromatic carbocycles. The van der Waals surface area contributed by atoms with Crippen LogP contribution in [0.25, 0.3) is 0 Å². The quantitative estimate of drug-likeness (QED) is 0.591. The Morgan fingerprint density at radius 1 is 1.21 bits per heavy atom. The lowest BCUT2D eigenvalue weighted by atomic mass is 9.85. The van der Waals surface area contributed by atoms with E-state index in [1.165, 1.54) is 18.1 Å². The maximum atomic E-state index is 15.2. The Bertz CT molecular complexity index is 1130. The number of anilines is 2. The first kappa shape index (κ1) is 24.2. The summed E-state index contributed by atoms with van der Waals surface area (Å²) in [4.78, 5) is 24.7. The van der Waals surface area contributed by atoms with Crippen molar-refractivity contribution in [3.05, 3.63) is 52.3 Å². The number of carbonyl (C=O) groups excluding carboxylic acids is 2. The van der Waals surface area contributed by atoms with Gasteiger partial charge in [0.25, 0.3) is 5.92 Å². The van der Waals surface area contributed by atoms with Gasteiger partial charge >= 0.3 is 0 Å². The number of methoxy groups -OCH3 is 1. The van der Waals surface area contributed by atoms with Gasteiger partial charge in [0.1, 0.15) is 17.6 Å². The highest BCUT2D eigenvalue weighted by Gasteiger charge is 2.46. The molecule has 34 heavy (non-hydrogen) atoms. The number of rotatable bonds is 5. The second kappa shape index (κ2) is 9.37. The number of piperidine rings is 2. The van der Waals surface area contributed by atoms with Crippen LogP contribution in [0, 0.1) is 12.7 Å². The van der Waals surface area contributed by atoms with Gasteiger partial charge in [0, 0.05) is 30.1 Å². The van der Waals surface area contributed by atoms with Crippen molar-refractivity contribution in [3.8, 4) is 5.75 Å². The first-order valence-corrected chi connectivity index (χ1v) is 11.3. The van der Waals surface area contributed by atoms with Crippen LogP contribution in [0.1, 0.15) is 36.3 Å². The summed E-state index contributed by atoms with van der Waals surface area (Å²) in [7, 11) is 1.37. The van der Waals surface area contributed by atoms with Gasteiger partial charge in [-0.3, -0.25) is 14.9 Å². The first-order valence-electron chi connectivity index (χ1n) is 11.0. The fourth-order valence-corrected chi connectivity index (χ4v) is 4.64. The Morgan fingerprint density at radius 2 is 1.97 bits per heavy atom. The highest BCUT2D eigenvalue weighted by molar-refractivity contribution is 6.31. The van der Waals surface area contributed by atoms with Crippen LogP contribution in [0.15, 0.2) is 30.3 Å². The molecule has 0 aliphatic carbocycles. The largest absolute Gasteiger partial charge is 0.495 e. The number of hydrogen-bond acceptors (Lipinski definition) is 5. The molecule has 2 fully saturated rings. The van der Waals surface area contributed by atoms with Crippen LogP contribution in [-0.2, 0) is 9.59 Å². The SMILES string of the molecule is COc1cc(N2CC[C@H](c3ccc(Cl)c(C)c3)C(F)(F)C2)c(F)cc1NC1CCC(=O)NC1=O. The summed E-state index contributed by atoms with van der Waals surface area (Å²) in [6, 6.07) is 6.66. The van der Waals surface area contributed by atoms with Crippen LogP contribution in [-0.4, -0.2) is 44.0 Å². The molecule has 6 nitrogen and oxygen atoms in total. The second-order valence-electron chi connectivity index (χ2n) is 8.68. The number of halogens is 4. The number of imide groups is 1. The number of nitrogens with one attached hydrogen (secondary N) is 2. The molecule has 0 spiro atoms. The van der Waals surface area contributed by atoms with Crippen molar-refractivity contribution in [2.75, 3.05) is 30.4 Å². The smallest absolute Gasteiger partial charge is 0.272 e. The standard InChI is InChI=1S/C24H25ClF3N3O3/c1-13-9-14(3-4-16(13)25)15-7-8-31(12-24(15,27)28)20-11-21(34-2)19(10-17(20)26)29-18-5-6-22(32)30-23(18)33/h3-4,9-11,15,18,29H,5-8,12H2,1-2H3,(H,30,32,33)/t15-,18?/m1/s1. The molecule has 4 rings (SSSR count). The van der Waals surface area contributed by atoms with Crippen molar-refractivity contribution in [1.29, 1.82) is 0 Å². The number of benzene rings is 2. The minimum atomic E-state index is -3.10. The Balaban J connectivity index is 1.55. The third-order valence-electron chi connectivity index (χ3n) is 6.36. The molecule has 2 atom stereocenters. The number of ether oxygens (including phenoxy) is 1. The summed E-state index contributed by atoms with van der Waals surface area (Å²) in [5.74, 6) is -5.48. The lowest BCUT2D eigenvalue weighted by Gasteiger charge is -2.40. The fraction of sp³-hybridized carbons (Fsp3) is 0.417. The van der Waals surface area contributed by atoms with Crippen LogP contribution >= 0.6 is 11.6 Å². The summed E-state index contributed by atoms with van der Waals surface area (Å²) in [6.45, 7) is 1.34. The van der Waals surface area contributed by atoms with E-state index in [4.69, 9.17) is 16.3 Å². The molecule has 2 aromatic rings. The van der Waals surface area contributed by atoms with E-state index in [1.54, 1.807) is 25.1 Å². The number of alkyl halides is 2. The number of amides is 2. The summed E-state index contributed by atoms with van der Waals surface area (Å²) in [6.07, 6.45) is 0.538. The summed E-state index contributed by atoms with van der Waals surface area (Å²) in [5.41, 5.74) is 1.44. The fourth-order valence-electron chi connectivity index (χ4n) is 4.53. The van der Waals surface area contributed by atoms with E-state index in [1.807, 2.05) is 0 Å². The van der Waals surface area contributed by atoms with Gasteiger partial charge in [-0.15, -0.1) is 0 Å². The first-order chi connectivity index (χ1) is 16.1. The van der Waals surface area contributed by atoms with Gasteiger partial charge in [-0.05, 0) is 37.0 Å². The van der Waals surface area contributed by atoms with E-state index >= 15 is 13.2 Å². The molecular weight excluding hydrogens is 471 g/mol. The summed E-state index contributed by atoms with van der Waals surface area (Å²) in [5, 5.41) is 5.63. The maximum Gasteiger partial charge on any atom is 0.272 e. The molecule has 2 amide bonds. The van der Waals surface area contributed by atoms with Crippen LogP contribution in [0.4, 0.5) is 24.5 Å². The van der Waals surface area contributed by atoms with Crippen LogP contribution < -0.4 is 20.3 Å². The van der Waals surface area contributed by atoms with Crippen molar-refractivity contribution >= 4 is 34.8 Å². The van der Waals surface area contributed by atoms with Crippen molar-refractivity contribution in [2.45, 2.75) is 44.1 Å². The minimum absolute atomic E-state index is 0.00362. The second-order valence-corrected chi connectivity index (χ2v) is 9.09. The molecule has 2 aliphatic rings. The zero-order chi connectivity index (χ0) is 24.6. The van der Waals surface area contributed by atoms with Crippen LogP contribution in [0.5, 0.6) is 5.75 Å². The number of nitrogens with zero attached hydrogens (tertiary/aromatic N) is 1.